The number of carbonyl (C=O) groups excluding carboxylic acids is 1. The first-order valence-electron chi connectivity index (χ1n) is 8.75. The standard InChI is InChI=1S/C18H25N5O/c1-11-16-14(18(24)23-8-7-13(10-23)21(2)3)9-15(12-5-6-12)19-17(16)22(4)20-11/h9,12-13H,5-8,10H2,1-4H3. The molecule has 0 N–H and O–H groups in total. The fraction of sp³-hybridized carbons (Fsp3) is 0.611. The highest BCUT2D eigenvalue weighted by molar-refractivity contribution is 6.06. The topological polar surface area (TPSA) is 54.3 Å². The monoisotopic (exact) mass is 327 g/mol. The van der Waals surface area contributed by atoms with E-state index in [1.54, 1.807) is 4.68 Å². The van der Waals surface area contributed by atoms with Crippen molar-refractivity contribution in [1.82, 2.24) is 24.6 Å². The summed E-state index contributed by atoms with van der Waals surface area (Å²) in [6.45, 7) is 3.58. The van der Waals surface area contributed by atoms with Crippen molar-refractivity contribution in [3.8, 4) is 0 Å². The number of amides is 1. The number of rotatable bonds is 3. The molecule has 1 atom stereocenters. The fourth-order valence-electron chi connectivity index (χ4n) is 3.74. The Hall–Kier alpha value is -1.95. The predicted octanol–water partition coefficient (Wildman–Crippen LogP) is 1.93. The zero-order valence-electron chi connectivity index (χ0n) is 14.9. The highest BCUT2D eigenvalue weighted by Gasteiger charge is 2.32. The Labute approximate surface area is 142 Å². The third-order valence-electron chi connectivity index (χ3n) is 5.40. The van der Waals surface area contributed by atoms with Crippen LogP contribution in [0.5, 0.6) is 0 Å². The summed E-state index contributed by atoms with van der Waals surface area (Å²) in [7, 11) is 6.07. The fourth-order valence-corrected chi connectivity index (χ4v) is 3.74. The molecule has 128 valence electrons. The molecule has 1 amide bonds. The van der Waals surface area contributed by atoms with Gasteiger partial charge in [-0.25, -0.2) is 4.98 Å². The van der Waals surface area contributed by atoms with Gasteiger partial charge in [-0.3, -0.25) is 9.48 Å². The number of fused-ring (bicyclic) bond motifs is 1. The first-order valence-corrected chi connectivity index (χ1v) is 8.75. The largest absolute Gasteiger partial charge is 0.337 e. The van der Waals surface area contributed by atoms with E-state index < -0.39 is 0 Å². The van der Waals surface area contributed by atoms with E-state index >= 15 is 0 Å². The average Bonchev–Trinajstić information content (AvgIpc) is 3.21. The van der Waals surface area contributed by atoms with Crippen molar-refractivity contribution >= 4 is 16.9 Å². The van der Waals surface area contributed by atoms with Crippen LogP contribution in [-0.2, 0) is 7.05 Å². The zero-order chi connectivity index (χ0) is 17.0. The molecule has 1 aliphatic heterocycles. The van der Waals surface area contributed by atoms with E-state index in [9.17, 15) is 4.79 Å². The highest BCUT2D eigenvalue weighted by Crippen LogP contribution is 2.40. The molecule has 1 aliphatic carbocycles. The number of aryl methyl sites for hydroxylation is 2. The van der Waals surface area contributed by atoms with Crippen molar-refractivity contribution in [2.24, 2.45) is 7.05 Å². The van der Waals surface area contributed by atoms with Crippen molar-refractivity contribution in [1.29, 1.82) is 0 Å². The maximum absolute atomic E-state index is 13.2. The summed E-state index contributed by atoms with van der Waals surface area (Å²) in [5.74, 6) is 0.647. The van der Waals surface area contributed by atoms with Crippen molar-refractivity contribution < 1.29 is 4.79 Å². The van der Waals surface area contributed by atoms with Crippen LogP contribution < -0.4 is 0 Å². The summed E-state index contributed by atoms with van der Waals surface area (Å²) < 4.78 is 1.81. The van der Waals surface area contributed by atoms with Gasteiger partial charge >= 0.3 is 0 Å². The van der Waals surface area contributed by atoms with Gasteiger partial charge in [0.1, 0.15) is 0 Å². The third-order valence-corrected chi connectivity index (χ3v) is 5.40. The lowest BCUT2D eigenvalue weighted by Crippen LogP contribution is -2.34. The molecular weight excluding hydrogens is 302 g/mol. The molecule has 2 aromatic heterocycles. The van der Waals surface area contributed by atoms with Crippen molar-refractivity contribution in [3.63, 3.8) is 0 Å². The van der Waals surface area contributed by atoms with Crippen molar-refractivity contribution in [3.05, 3.63) is 23.0 Å². The molecule has 1 unspecified atom stereocenters. The maximum atomic E-state index is 13.2. The molecule has 0 aromatic carbocycles. The Morgan fingerprint density at radius 1 is 1.29 bits per heavy atom. The van der Waals surface area contributed by atoms with Crippen LogP contribution in [-0.4, -0.2) is 63.7 Å². The van der Waals surface area contributed by atoms with Crippen LogP contribution in [0.3, 0.4) is 0 Å². The van der Waals surface area contributed by atoms with Gasteiger partial charge < -0.3 is 9.80 Å². The quantitative estimate of drug-likeness (QED) is 0.864. The molecule has 0 spiro atoms. The van der Waals surface area contributed by atoms with Crippen LogP contribution in [0.4, 0.5) is 0 Å². The highest BCUT2D eigenvalue weighted by atomic mass is 16.2. The number of carbonyl (C=O) groups is 1. The number of pyridine rings is 1. The SMILES string of the molecule is Cc1nn(C)c2nc(C3CC3)cc(C(=O)N3CCC(N(C)C)C3)c12. The van der Waals surface area contributed by atoms with Crippen LogP contribution in [0.1, 0.15) is 46.9 Å². The lowest BCUT2D eigenvalue weighted by Gasteiger charge is -2.21. The van der Waals surface area contributed by atoms with Crippen LogP contribution in [0.2, 0.25) is 0 Å². The Balaban J connectivity index is 1.76. The van der Waals surface area contributed by atoms with Crippen molar-refractivity contribution in [2.45, 2.75) is 38.1 Å². The number of hydrogen-bond acceptors (Lipinski definition) is 4. The molecule has 2 aliphatic rings. The summed E-state index contributed by atoms with van der Waals surface area (Å²) in [6, 6.07) is 2.48. The minimum absolute atomic E-state index is 0.129. The van der Waals surface area contributed by atoms with Gasteiger partial charge in [0.2, 0.25) is 0 Å². The van der Waals surface area contributed by atoms with E-state index in [0.29, 0.717) is 12.0 Å². The van der Waals surface area contributed by atoms with Crippen LogP contribution in [0.25, 0.3) is 11.0 Å². The Bertz CT molecular complexity index is 805. The number of hydrogen-bond donors (Lipinski definition) is 0. The molecule has 24 heavy (non-hydrogen) atoms. The smallest absolute Gasteiger partial charge is 0.254 e. The number of aromatic nitrogens is 3. The zero-order valence-corrected chi connectivity index (χ0v) is 14.9. The molecule has 0 radical (unpaired) electrons. The van der Waals surface area contributed by atoms with Gasteiger partial charge in [-0.15, -0.1) is 0 Å². The van der Waals surface area contributed by atoms with Gasteiger partial charge in [-0.1, -0.05) is 0 Å². The molecule has 1 saturated heterocycles. The summed E-state index contributed by atoms with van der Waals surface area (Å²) in [4.78, 5) is 22.2. The van der Waals surface area contributed by atoms with E-state index in [4.69, 9.17) is 4.98 Å². The second-order valence-electron chi connectivity index (χ2n) is 7.43. The second-order valence-corrected chi connectivity index (χ2v) is 7.43. The van der Waals surface area contributed by atoms with E-state index in [1.807, 2.05) is 24.9 Å². The molecule has 4 rings (SSSR count). The summed E-state index contributed by atoms with van der Waals surface area (Å²) in [5.41, 5.74) is 3.56. The minimum atomic E-state index is 0.129. The molecule has 1 saturated carbocycles. The van der Waals surface area contributed by atoms with E-state index in [-0.39, 0.29) is 5.91 Å². The molecular formula is C18H25N5O. The number of likely N-dealkylation sites (N-methyl/N-ethyl adjacent to an activating group) is 1. The summed E-state index contributed by atoms with van der Waals surface area (Å²) in [6.07, 6.45) is 3.39. The van der Waals surface area contributed by atoms with Gasteiger partial charge in [-0.2, -0.15) is 5.10 Å². The Morgan fingerprint density at radius 2 is 2.04 bits per heavy atom. The maximum Gasteiger partial charge on any atom is 0.254 e. The van der Waals surface area contributed by atoms with Crippen molar-refractivity contribution in [2.75, 3.05) is 27.2 Å². The first-order chi connectivity index (χ1) is 11.5. The van der Waals surface area contributed by atoms with Gasteiger partial charge in [0.25, 0.3) is 5.91 Å². The molecule has 2 fully saturated rings. The van der Waals surface area contributed by atoms with E-state index in [2.05, 4.69) is 24.1 Å². The van der Waals surface area contributed by atoms with Crippen LogP contribution in [0.15, 0.2) is 6.07 Å². The number of likely N-dealkylation sites (tertiary alicyclic amines) is 1. The number of nitrogens with zero attached hydrogens (tertiary/aromatic N) is 5. The molecule has 6 heteroatoms. The van der Waals surface area contributed by atoms with Gasteiger partial charge in [0.05, 0.1) is 16.6 Å². The predicted molar refractivity (Wildman–Crippen MR) is 93.2 cm³/mol. The minimum Gasteiger partial charge on any atom is -0.337 e. The molecule has 2 aromatic rings. The third kappa shape index (κ3) is 2.49. The van der Waals surface area contributed by atoms with Gasteiger partial charge in [0.15, 0.2) is 5.65 Å². The summed E-state index contributed by atoms with van der Waals surface area (Å²) >= 11 is 0. The summed E-state index contributed by atoms with van der Waals surface area (Å²) in [5, 5.41) is 5.42. The van der Waals surface area contributed by atoms with Gasteiger partial charge in [0, 0.05) is 37.8 Å². The Morgan fingerprint density at radius 3 is 2.67 bits per heavy atom. The molecule has 3 heterocycles. The molecule has 6 nitrogen and oxygen atoms in total. The second kappa shape index (κ2) is 5.55. The average molecular weight is 327 g/mol. The van der Waals surface area contributed by atoms with Gasteiger partial charge in [-0.05, 0) is 46.3 Å². The normalized spacial score (nSPS) is 21.2. The lowest BCUT2D eigenvalue weighted by atomic mass is 10.1. The van der Waals surface area contributed by atoms with E-state index in [1.165, 1.54) is 12.8 Å². The first kappa shape index (κ1) is 15.6. The molecule has 0 bridgehead atoms. The lowest BCUT2D eigenvalue weighted by molar-refractivity contribution is 0.0785. The van der Waals surface area contributed by atoms with Crippen LogP contribution in [0, 0.1) is 6.92 Å². The Kier molecular flexibility index (Phi) is 3.60. The van der Waals surface area contributed by atoms with E-state index in [0.717, 1.165) is 47.5 Å². The van der Waals surface area contributed by atoms with Crippen LogP contribution >= 0.6 is 0 Å².